The van der Waals surface area contributed by atoms with Crippen molar-refractivity contribution in [2.45, 2.75) is 27.4 Å². The van der Waals surface area contributed by atoms with Crippen LogP contribution < -0.4 is 4.94 Å². The van der Waals surface area contributed by atoms with Gasteiger partial charge in [-0.25, -0.2) is 30.7 Å². The van der Waals surface area contributed by atoms with Gasteiger partial charge in [0.15, 0.2) is 23.2 Å². The lowest BCUT2D eigenvalue weighted by molar-refractivity contribution is -0.00711. The van der Waals surface area contributed by atoms with Gasteiger partial charge in [0.2, 0.25) is 0 Å². The van der Waals surface area contributed by atoms with Crippen molar-refractivity contribution < 1.29 is 40.2 Å². The second-order valence-electron chi connectivity index (χ2n) is 8.97. The van der Waals surface area contributed by atoms with Crippen molar-refractivity contribution in [3.63, 3.8) is 0 Å². The van der Waals surface area contributed by atoms with Gasteiger partial charge >= 0.3 is 0 Å². The van der Waals surface area contributed by atoms with E-state index >= 15 is 0 Å². The Morgan fingerprint density at radius 2 is 0.930 bits per heavy atom. The molecular formula is C34H26F8O. The number of halogens is 8. The molecule has 0 aliphatic heterocycles. The number of hydrogen-bond acceptors (Lipinski definition) is 1. The molecule has 0 saturated carbocycles. The molecule has 0 aromatic heterocycles. The summed E-state index contributed by atoms with van der Waals surface area (Å²) in [7, 11) is 0. The average molecular weight is 603 g/mol. The van der Waals surface area contributed by atoms with Gasteiger partial charge in [-0.15, -0.1) is 0 Å². The van der Waals surface area contributed by atoms with Crippen molar-refractivity contribution in [3.8, 4) is 39.1 Å². The highest BCUT2D eigenvalue weighted by molar-refractivity contribution is 5.74. The Balaban J connectivity index is 0.000000327. The van der Waals surface area contributed by atoms with E-state index in [2.05, 4.69) is 4.94 Å². The van der Waals surface area contributed by atoms with E-state index in [1.54, 1.807) is 6.07 Å². The van der Waals surface area contributed by atoms with Crippen molar-refractivity contribution in [3.05, 3.63) is 137 Å². The fraction of sp³-hybridized carbons (Fsp3) is 0.118. The van der Waals surface area contributed by atoms with Gasteiger partial charge in [0.25, 0.3) is 0 Å². The molecule has 224 valence electrons. The fourth-order valence-corrected chi connectivity index (χ4v) is 3.99. The molecule has 0 saturated heterocycles. The summed E-state index contributed by atoms with van der Waals surface area (Å²) in [5, 5.41) is 0. The largest absolute Gasteiger partial charge is 0.294 e. The standard InChI is InChI=1S/C26H18F4.C6H2F4O.C2H6/c1-16-2-4-17(5-3-16)18-6-8-19(9-7-18)20-10-11-22(24(28)12-20)21-13-25(29)23(15-27)26(30)14-21;7-4-1-3(11-10)2-5(8)6(4)9;1-2/h2-14H,15H2,1H3;1-2H;1-2H3. The van der Waals surface area contributed by atoms with Crippen LogP contribution in [0.2, 0.25) is 0 Å². The molecule has 0 aliphatic rings. The summed E-state index contributed by atoms with van der Waals surface area (Å²) in [4.78, 5) is 2.98. The molecule has 0 atom stereocenters. The van der Waals surface area contributed by atoms with Crippen LogP contribution in [0, 0.1) is 41.8 Å². The van der Waals surface area contributed by atoms with E-state index in [9.17, 15) is 35.3 Å². The van der Waals surface area contributed by atoms with Crippen LogP contribution in [0.4, 0.5) is 35.3 Å². The molecule has 5 rings (SSSR count). The Morgan fingerprint density at radius 1 is 0.512 bits per heavy atom. The van der Waals surface area contributed by atoms with Gasteiger partial charge in [-0.3, -0.25) is 4.94 Å². The van der Waals surface area contributed by atoms with Crippen LogP contribution >= 0.6 is 0 Å². The van der Waals surface area contributed by atoms with Crippen molar-refractivity contribution in [2.75, 3.05) is 0 Å². The third kappa shape index (κ3) is 8.00. The number of alkyl halides is 1. The predicted octanol–water partition coefficient (Wildman–Crippen LogP) is 11.3. The van der Waals surface area contributed by atoms with E-state index in [0.29, 0.717) is 17.7 Å². The summed E-state index contributed by atoms with van der Waals surface area (Å²) < 4.78 is 103. The number of benzene rings is 5. The van der Waals surface area contributed by atoms with Crippen LogP contribution in [0.5, 0.6) is 5.75 Å². The lowest BCUT2D eigenvalue weighted by Crippen LogP contribution is -1.95. The molecule has 0 fully saturated rings. The fourth-order valence-electron chi connectivity index (χ4n) is 3.99. The van der Waals surface area contributed by atoms with E-state index in [0.717, 1.165) is 28.8 Å². The highest BCUT2D eigenvalue weighted by Gasteiger charge is 2.15. The highest BCUT2D eigenvalue weighted by Crippen LogP contribution is 2.31. The van der Waals surface area contributed by atoms with Crippen LogP contribution in [0.1, 0.15) is 25.0 Å². The summed E-state index contributed by atoms with van der Waals surface area (Å²) in [5.74, 6) is -7.99. The lowest BCUT2D eigenvalue weighted by Gasteiger charge is -2.10. The molecule has 5 aromatic rings. The molecule has 5 aromatic carbocycles. The van der Waals surface area contributed by atoms with Crippen LogP contribution in [-0.4, -0.2) is 0 Å². The summed E-state index contributed by atoms with van der Waals surface area (Å²) in [5.41, 5.74) is 4.23. The molecule has 0 bridgehead atoms. The third-order valence-electron chi connectivity index (χ3n) is 6.20. The van der Waals surface area contributed by atoms with E-state index in [1.165, 1.54) is 17.7 Å². The van der Waals surface area contributed by atoms with Crippen LogP contribution in [0.3, 0.4) is 0 Å². The van der Waals surface area contributed by atoms with Gasteiger partial charge in [-0.05, 0) is 52.9 Å². The van der Waals surface area contributed by atoms with Crippen LogP contribution in [0.25, 0.3) is 33.4 Å². The Labute approximate surface area is 243 Å². The SMILES string of the molecule is CC.Cc1ccc(-c2ccc(-c3ccc(-c4cc(F)c(CF)c(F)c4)c(F)c3)cc2)cc1.FOc1cc(F)c(F)c(F)c1. The maximum atomic E-state index is 14.7. The molecule has 0 radical (unpaired) electrons. The average Bonchev–Trinajstić information content (AvgIpc) is 3.01. The molecule has 1 nitrogen and oxygen atoms in total. The van der Waals surface area contributed by atoms with Crippen LogP contribution in [-0.2, 0) is 6.67 Å². The molecule has 0 amide bonds. The zero-order chi connectivity index (χ0) is 31.7. The minimum absolute atomic E-state index is 0.0287. The van der Waals surface area contributed by atoms with Crippen LogP contribution in [0.15, 0.2) is 91.0 Å². The maximum Gasteiger partial charge on any atom is 0.194 e. The Hall–Kier alpha value is -4.66. The quantitative estimate of drug-likeness (QED) is 0.144. The monoisotopic (exact) mass is 602 g/mol. The minimum atomic E-state index is -1.65. The Bertz CT molecular complexity index is 1620. The first-order valence-corrected chi connectivity index (χ1v) is 13.1. The van der Waals surface area contributed by atoms with Gasteiger partial charge in [0.1, 0.15) is 24.1 Å². The Morgan fingerprint density at radius 3 is 1.37 bits per heavy atom. The molecular weight excluding hydrogens is 576 g/mol. The molecule has 0 unspecified atom stereocenters. The van der Waals surface area contributed by atoms with Crippen molar-refractivity contribution >= 4 is 0 Å². The van der Waals surface area contributed by atoms with E-state index in [1.807, 2.05) is 69.3 Å². The molecule has 0 N–H and O–H groups in total. The summed E-state index contributed by atoms with van der Waals surface area (Å²) in [6.07, 6.45) is 0. The zero-order valence-corrected chi connectivity index (χ0v) is 23.3. The topological polar surface area (TPSA) is 9.23 Å². The molecule has 9 heteroatoms. The minimum Gasteiger partial charge on any atom is -0.294 e. The maximum absolute atomic E-state index is 14.7. The Kier molecular flexibility index (Phi) is 11.5. The van der Waals surface area contributed by atoms with Crippen molar-refractivity contribution in [1.82, 2.24) is 0 Å². The van der Waals surface area contributed by atoms with Gasteiger partial charge in [-0.2, -0.15) is 0 Å². The van der Waals surface area contributed by atoms with Gasteiger partial charge in [-0.1, -0.05) is 80.1 Å². The normalized spacial score (nSPS) is 10.3. The van der Waals surface area contributed by atoms with E-state index < -0.39 is 52.9 Å². The highest BCUT2D eigenvalue weighted by atomic mass is 19.3. The molecule has 0 heterocycles. The zero-order valence-electron chi connectivity index (χ0n) is 23.3. The smallest absolute Gasteiger partial charge is 0.194 e. The number of rotatable bonds is 5. The second-order valence-corrected chi connectivity index (χ2v) is 8.97. The van der Waals surface area contributed by atoms with Gasteiger partial charge in [0, 0.05) is 22.2 Å². The number of aryl methyl sites for hydroxylation is 1. The summed E-state index contributed by atoms with van der Waals surface area (Å²) in [6, 6.07) is 23.1. The first-order chi connectivity index (χ1) is 20.6. The lowest BCUT2D eigenvalue weighted by atomic mass is 9.97. The van der Waals surface area contributed by atoms with E-state index in [-0.39, 0.29) is 11.1 Å². The first-order valence-electron chi connectivity index (χ1n) is 13.1. The van der Waals surface area contributed by atoms with Crippen molar-refractivity contribution in [2.24, 2.45) is 0 Å². The van der Waals surface area contributed by atoms with Gasteiger partial charge in [0.05, 0.1) is 5.56 Å². The molecule has 0 aliphatic carbocycles. The van der Waals surface area contributed by atoms with E-state index in [4.69, 9.17) is 0 Å². The van der Waals surface area contributed by atoms with Crippen molar-refractivity contribution in [1.29, 1.82) is 0 Å². The molecule has 43 heavy (non-hydrogen) atoms. The van der Waals surface area contributed by atoms with Gasteiger partial charge < -0.3 is 0 Å². The first kappa shape index (κ1) is 32.8. The summed E-state index contributed by atoms with van der Waals surface area (Å²) in [6.45, 7) is 4.78. The molecule has 0 spiro atoms. The second kappa shape index (κ2) is 15.0. The predicted molar refractivity (Wildman–Crippen MR) is 152 cm³/mol. The summed E-state index contributed by atoms with van der Waals surface area (Å²) >= 11 is 0. The number of hydrogen-bond donors (Lipinski definition) is 0. The third-order valence-corrected chi connectivity index (χ3v) is 6.20.